The van der Waals surface area contributed by atoms with Crippen LogP contribution < -0.4 is 0 Å². The second kappa shape index (κ2) is 66.9. The third-order valence-corrected chi connectivity index (χ3v) is 1.09. The van der Waals surface area contributed by atoms with Crippen LogP contribution in [0.15, 0.2) is 0 Å². The van der Waals surface area contributed by atoms with Gasteiger partial charge in [0, 0.05) is 211 Å². The van der Waals surface area contributed by atoms with Crippen molar-refractivity contribution in [3.05, 3.63) is 13.8 Å². The first-order valence-corrected chi connectivity index (χ1v) is 2.41. The summed E-state index contributed by atoms with van der Waals surface area (Å²) in [5, 5.41) is 0. The van der Waals surface area contributed by atoms with Crippen molar-refractivity contribution in [2.75, 3.05) is 13.1 Å². The predicted octanol–water partition coefficient (Wildman–Crippen LogP) is 0.722. The third-order valence-electron chi connectivity index (χ3n) is 0.574. The monoisotopic (exact) mass is 1940 g/mol. The SMILES string of the molecule is [CH2-]CN(P)C[CH2-].[W].[W].[W].[W].[W].[W].[W].[W].[W].[W]. The summed E-state index contributed by atoms with van der Waals surface area (Å²) < 4.78 is 1.94. The summed E-state index contributed by atoms with van der Waals surface area (Å²) in [5.74, 6) is 0. The molecule has 0 bridgehead atoms. The normalized spacial score (nSPS) is 3.75. The molecular formula is C4H10NPW10-2. The molecule has 0 aromatic rings. The number of hydrogen-bond acceptors (Lipinski definition) is 1. The minimum Gasteiger partial charge on any atom is -0.347 e. The quantitative estimate of drug-likeness (QED) is 0.292. The van der Waals surface area contributed by atoms with Crippen LogP contribution in [0.25, 0.3) is 0 Å². The molecule has 1 nitrogen and oxygen atoms in total. The Morgan fingerprint density at radius 2 is 0.688 bits per heavy atom. The molecule has 0 saturated carbocycles. The van der Waals surface area contributed by atoms with Crippen LogP contribution in [0.5, 0.6) is 0 Å². The van der Waals surface area contributed by atoms with Gasteiger partial charge in [0.25, 0.3) is 0 Å². The number of nitrogens with zero attached hydrogens (tertiary/aromatic N) is 1. The molecule has 12 heteroatoms. The van der Waals surface area contributed by atoms with E-state index in [0.717, 1.165) is 13.1 Å². The van der Waals surface area contributed by atoms with Crippen LogP contribution in [0.3, 0.4) is 0 Å². The van der Waals surface area contributed by atoms with Crippen molar-refractivity contribution in [2.24, 2.45) is 0 Å². The van der Waals surface area contributed by atoms with Crippen LogP contribution in [-0.2, 0) is 211 Å². The van der Waals surface area contributed by atoms with Crippen LogP contribution in [0.4, 0.5) is 0 Å². The fourth-order valence-corrected chi connectivity index (χ4v) is 0.112. The zero-order valence-electron chi connectivity index (χ0n) is 7.94. The van der Waals surface area contributed by atoms with E-state index in [2.05, 4.69) is 23.2 Å². The van der Waals surface area contributed by atoms with E-state index >= 15 is 0 Å². The van der Waals surface area contributed by atoms with E-state index in [-0.39, 0.29) is 211 Å². The van der Waals surface area contributed by atoms with Crippen molar-refractivity contribution in [3.63, 3.8) is 0 Å². The van der Waals surface area contributed by atoms with E-state index in [1.54, 1.807) is 0 Å². The average molecular weight is 1940 g/mol. The molecule has 16 heavy (non-hydrogen) atoms. The minimum atomic E-state index is 0. The Kier molecular flexibility index (Phi) is 321. The Morgan fingerprint density at radius 1 is 0.562 bits per heavy atom. The van der Waals surface area contributed by atoms with Gasteiger partial charge in [0.15, 0.2) is 0 Å². The van der Waals surface area contributed by atoms with E-state index in [0.29, 0.717) is 0 Å². The second-order valence-electron chi connectivity index (χ2n) is 1.04. The standard InChI is InChI=1S/C4H10NP.10W/c1-3-5(6)4-2;;;;;;;;;;/h1-4,6H2;;;;;;;;;;/q-2;;;;;;;;;;. The van der Waals surface area contributed by atoms with Crippen molar-refractivity contribution in [1.82, 2.24) is 4.67 Å². The van der Waals surface area contributed by atoms with Crippen molar-refractivity contribution < 1.29 is 211 Å². The maximum Gasteiger partial charge on any atom is 0 e. The van der Waals surface area contributed by atoms with Gasteiger partial charge >= 0.3 is 0 Å². The molecule has 0 spiro atoms. The molecule has 0 heterocycles. The smallest absolute Gasteiger partial charge is 0 e. The fourth-order valence-electron chi connectivity index (χ4n) is 0.112. The Morgan fingerprint density at radius 3 is 0.688 bits per heavy atom. The first-order chi connectivity index (χ1) is 2.81. The number of hydrogen-bond donors (Lipinski definition) is 0. The van der Waals surface area contributed by atoms with Gasteiger partial charge < -0.3 is 18.5 Å². The topological polar surface area (TPSA) is 3.24 Å². The maximum atomic E-state index is 3.62. The Hall–Kier alpha value is 7.27. The summed E-state index contributed by atoms with van der Waals surface area (Å²) in [6.45, 7) is 8.87. The van der Waals surface area contributed by atoms with Gasteiger partial charge in [0.05, 0.1) is 0 Å². The molecule has 1 atom stereocenters. The molecule has 0 N–H and O–H groups in total. The molecule has 0 fully saturated rings. The van der Waals surface area contributed by atoms with Gasteiger partial charge in [0.1, 0.15) is 0 Å². The van der Waals surface area contributed by atoms with Gasteiger partial charge in [-0.25, -0.2) is 0 Å². The minimum absolute atomic E-state index is 0. The zero-order valence-corrected chi connectivity index (χ0v) is 38.4. The van der Waals surface area contributed by atoms with Crippen molar-refractivity contribution >= 4 is 9.39 Å². The van der Waals surface area contributed by atoms with E-state index in [4.69, 9.17) is 0 Å². The average Bonchev–Trinajstić information content (AvgIpc) is 1.65. The molecule has 1 unspecified atom stereocenters. The van der Waals surface area contributed by atoms with E-state index < -0.39 is 0 Å². The second-order valence-corrected chi connectivity index (χ2v) is 1.77. The Balaban J connectivity index is -0.00000000278. The van der Waals surface area contributed by atoms with Gasteiger partial charge in [-0.15, -0.1) is 13.1 Å². The van der Waals surface area contributed by atoms with Crippen LogP contribution in [0, 0.1) is 13.8 Å². The van der Waals surface area contributed by atoms with E-state index in [1.807, 2.05) is 4.67 Å². The molecule has 0 rings (SSSR count). The summed E-state index contributed by atoms with van der Waals surface area (Å²) in [7, 11) is 2.52. The molecule has 0 aromatic heterocycles. The summed E-state index contributed by atoms with van der Waals surface area (Å²) in [6.07, 6.45) is 0. The molecule has 0 aliphatic rings. The zero-order chi connectivity index (χ0) is 4.99. The van der Waals surface area contributed by atoms with Crippen LogP contribution in [-0.4, -0.2) is 17.8 Å². The molecular weight excluding hydrogens is 1930 g/mol. The molecule has 0 radical (unpaired) electrons. The van der Waals surface area contributed by atoms with Gasteiger partial charge in [-0.2, -0.15) is 0 Å². The summed E-state index contributed by atoms with van der Waals surface area (Å²) in [5.41, 5.74) is 0. The third kappa shape index (κ3) is 68.8. The maximum absolute atomic E-state index is 3.62. The predicted molar refractivity (Wildman–Crippen MR) is 32.0 cm³/mol. The molecule has 0 aliphatic carbocycles. The molecule has 0 aliphatic heterocycles. The Labute approximate surface area is 246 Å². The van der Waals surface area contributed by atoms with Crippen molar-refractivity contribution in [2.45, 2.75) is 0 Å². The largest absolute Gasteiger partial charge is 0.347 e. The summed E-state index contributed by atoms with van der Waals surface area (Å²) in [4.78, 5) is 0. The van der Waals surface area contributed by atoms with Gasteiger partial charge in [-0.05, 0) is 0 Å². The fraction of sp³-hybridized carbons (Fsp3) is 0.500. The number of rotatable bonds is 2. The van der Waals surface area contributed by atoms with Gasteiger partial charge in [-0.1, -0.05) is 9.39 Å². The Bertz CT molecular complexity index is 42.0. The molecule has 0 aromatic carbocycles. The van der Waals surface area contributed by atoms with Crippen LogP contribution in [0.1, 0.15) is 0 Å². The van der Waals surface area contributed by atoms with E-state index in [9.17, 15) is 0 Å². The first-order valence-electron chi connectivity index (χ1n) is 1.89. The molecule has 0 saturated heterocycles. The van der Waals surface area contributed by atoms with Crippen LogP contribution >= 0.6 is 9.39 Å². The van der Waals surface area contributed by atoms with Gasteiger partial charge in [0.2, 0.25) is 0 Å². The van der Waals surface area contributed by atoms with Gasteiger partial charge in [-0.3, -0.25) is 0 Å². The van der Waals surface area contributed by atoms with Crippen molar-refractivity contribution in [1.29, 1.82) is 0 Å². The molecule has 0 amide bonds. The summed E-state index contributed by atoms with van der Waals surface area (Å²) >= 11 is 0. The summed E-state index contributed by atoms with van der Waals surface area (Å²) in [6, 6.07) is 0. The first kappa shape index (κ1) is 76.6. The molecule has 98 valence electrons. The van der Waals surface area contributed by atoms with Crippen molar-refractivity contribution in [3.8, 4) is 0 Å². The van der Waals surface area contributed by atoms with Crippen LogP contribution in [0.2, 0.25) is 0 Å². The van der Waals surface area contributed by atoms with E-state index in [1.165, 1.54) is 0 Å².